The number of hydrogen-bond acceptors (Lipinski definition) is 8. The fraction of sp³-hybridized carbons (Fsp3) is 0.688. The number of piperazine rings is 1. The van der Waals surface area contributed by atoms with Gasteiger partial charge in [0.2, 0.25) is 11.8 Å². The molecule has 1 unspecified atom stereocenters. The minimum atomic E-state index is -1.05. The summed E-state index contributed by atoms with van der Waals surface area (Å²) in [5.41, 5.74) is -0.422. The van der Waals surface area contributed by atoms with Crippen molar-refractivity contribution in [2.75, 3.05) is 45.9 Å². The Bertz CT molecular complexity index is 713. The van der Waals surface area contributed by atoms with Crippen molar-refractivity contribution in [1.29, 1.82) is 0 Å². The van der Waals surface area contributed by atoms with Gasteiger partial charge in [-0.15, -0.1) is 0 Å². The van der Waals surface area contributed by atoms with Gasteiger partial charge in [0.1, 0.15) is 6.20 Å². The first kappa shape index (κ1) is 18.4. The number of halogens is 1. The van der Waals surface area contributed by atoms with Crippen molar-refractivity contribution in [2.45, 2.75) is 19.0 Å². The minimum absolute atomic E-state index is 0.178. The third-order valence-electron chi connectivity index (χ3n) is 4.36. The van der Waals surface area contributed by atoms with E-state index in [9.17, 15) is 9.18 Å². The fourth-order valence-corrected chi connectivity index (χ4v) is 2.82. The Hall–Kier alpha value is -2.36. The molecule has 1 saturated heterocycles. The summed E-state index contributed by atoms with van der Waals surface area (Å²) >= 11 is 0. The molecule has 0 radical (unpaired) electrons. The van der Waals surface area contributed by atoms with Gasteiger partial charge in [-0.25, -0.2) is 23.9 Å². The number of aryl methyl sites for hydroxylation is 1. The third kappa shape index (κ3) is 5.07. The molecule has 142 valence electrons. The lowest BCUT2D eigenvalue weighted by atomic mass is 10.2. The number of unbranched alkanes of at least 4 members (excludes halogenated alkanes) is 1. The zero-order chi connectivity index (χ0) is 18.4. The largest absolute Gasteiger partial charge is 0.476 e. The summed E-state index contributed by atoms with van der Waals surface area (Å²) < 4.78 is 19.6. The van der Waals surface area contributed by atoms with E-state index in [1.165, 1.54) is 12.4 Å². The molecule has 0 bridgehead atoms. The third-order valence-corrected chi connectivity index (χ3v) is 4.36. The van der Waals surface area contributed by atoms with Crippen molar-refractivity contribution in [2.24, 2.45) is 17.0 Å². The van der Waals surface area contributed by atoms with E-state index >= 15 is 0 Å². The van der Waals surface area contributed by atoms with E-state index in [-0.39, 0.29) is 12.4 Å². The zero-order valence-electron chi connectivity index (χ0n) is 14.9. The molecular weight excluding hydrogens is 341 g/mol. The molecule has 2 aliphatic heterocycles. The fourth-order valence-electron chi connectivity index (χ4n) is 2.82. The van der Waals surface area contributed by atoms with Gasteiger partial charge in [0, 0.05) is 39.4 Å². The maximum absolute atomic E-state index is 13.0. The van der Waals surface area contributed by atoms with Gasteiger partial charge < -0.3 is 9.64 Å². The molecule has 3 rings (SSSR count). The number of rotatable bonds is 6. The maximum atomic E-state index is 13.0. The normalized spacial score (nSPS) is 20.9. The molecule has 1 aromatic rings. The monoisotopic (exact) mass is 365 g/mol. The Labute approximate surface area is 151 Å². The molecule has 0 saturated carbocycles. The van der Waals surface area contributed by atoms with Crippen LogP contribution in [0.4, 0.5) is 4.39 Å². The van der Waals surface area contributed by atoms with Crippen LogP contribution in [-0.2, 0) is 7.05 Å². The van der Waals surface area contributed by atoms with E-state index in [0.717, 1.165) is 50.2 Å². The molecule has 0 N–H and O–H groups in total. The van der Waals surface area contributed by atoms with E-state index < -0.39 is 11.9 Å². The van der Waals surface area contributed by atoms with Crippen LogP contribution < -0.4 is 10.4 Å². The molecule has 9 nitrogen and oxygen atoms in total. The molecule has 0 amide bonds. The summed E-state index contributed by atoms with van der Waals surface area (Å²) in [6, 6.07) is 0. The van der Waals surface area contributed by atoms with Crippen LogP contribution in [0.15, 0.2) is 21.0 Å². The average molecular weight is 365 g/mol. The highest BCUT2D eigenvalue weighted by atomic mass is 19.1. The van der Waals surface area contributed by atoms with Gasteiger partial charge in [0.05, 0.1) is 13.2 Å². The first-order valence-corrected chi connectivity index (χ1v) is 8.85. The zero-order valence-corrected chi connectivity index (χ0v) is 14.9. The molecule has 10 heteroatoms. The topological polar surface area (TPSA) is 88.2 Å². The van der Waals surface area contributed by atoms with Crippen LogP contribution in [0.2, 0.25) is 0 Å². The number of nitrogens with zero attached hydrogens (tertiary/aromatic N) is 7. The lowest BCUT2D eigenvalue weighted by Crippen LogP contribution is -2.49. The van der Waals surface area contributed by atoms with Gasteiger partial charge in [0.15, 0.2) is 6.17 Å². The second kappa shape index (κ2) is 8.84. The SMILES string of the molecule is Cn1ncc(OCCCCN2CCN(C3=NCC(F)C=N3)CC2)nc1=O. The van der Waals surface area contributed by atoms with Crippen molar-refractivity contribution < 1.29 is 9.13 Å². The molecule has 3 heterocycles. The van der Waals surface area contributed by atoms with Crippen molar-refractivity contribution >= 4 is 12.2 Å². The molecule has 1 aromatic heterocycles. The van der Waals surface area contributed by atoms with Gasteiger partial charge >= 0.3 is 5.69 Å². The highest BCUT2D eigenvalue weighted by Gasteiger charge is 2.21. The second-order valence-electron chi connectivity index (χ2n) is 6.32. The molecule has 1 atom stereocenters. The Morgan fingerprint density at radius 3 is 2.77 bits per heavy atom. The first-order chi connectivity index (χ1) is 12.6. The van der Waals surface area contributed by atoms with Gasteiger partial charge in [-0.3, -0.25) is 4.90 Å². The maximum Gasteiger partial charge on any atom is 0.366 e. The van der Waals surface area contributed by atoms with Gasteiger partial charge in [0.25, 0.3) is 0 Å². The van der Waals surface area contributed by atoms with Crippen LogP contribution in [0.5, 0.6) is 5.88 Å². The summed E-state index contributed by atoms with van der Waals surface area (Å²) in [6.45, 7) is 5.26. The van der Waals surface area contributed by atoms with Crippen molar-refractivity contribution in [3.8, 4) is 5.88 Å². The molecule has 0 aliphatic carbocycles. The van der Waals surface area contributed by atoms with Crippen LogP contribution in [0.1, 0.15) is 12.8 Å². The molecule has 2 aliphatic rings. The summed E-state index contributed by atoms with van der Waals surface area (Å²) in [7, 11) is 1.55. The van der Waals surface area contributed by atoms with Crippen LogP contribution >= 0.6 is 0 Å². The summed E-state index contributed by atoms with van der Waals surface area (Å²) in [6.07, 6.45) is 3.61. The van der Waals surface area contributed by atoms with E-state index in [4.69, 9.17) is 4.74 Å². The highest BCUT2D eigenvalue weighted by molar-refractivity contribution is 5.90. The van der Waals surface area contributed by atoms with Gasteiger partial charge in [-0.1, -0.05) is 0 Å². The number of hydrogen-bond donors (Lipinski definition) is 0. The smallest absolute Gasteiger partial charge is 0.366 e. The first-order valence-electron chi connectivity index (χ1n) is 8.85. The molecule has 0 spiro atoms. The predicted molar refractivity (Wildman–Crippen MR) is 95.7 cm³/mol. The average Bonchev–Trinajstić information content (AvgIpc) is 2.65. The highest BCUT2D eigenvalue weighted by Crippen LogP contribution is 2.08. The number of aromatic nitrogens is 3. The Morgan fingerprint density at radius 1 is 1.27 bits per heavy atom. The van der Waals surface area contributed by atoms with Crippen molar-refractivity contribution in [1.82, 2.24) is 24.6 Å². The van der Waals surface area contributed by atoms with E-state index in [2.05, 4.69) is 29.9 Å². The van der Waals surface area contributed by atoms with E-state index in [1.54, 1.807) is 7.05 Å². The quantitative estimate of drug-likeness (QED) is 0.645. The standard InChI is InChI=1S/C16H24FN7O2/c1-22-16(25)21-14(12-20-22)26-9-3-2-4-23-5-7-24(8-6-23)15-18-10-13(17)11-19-15/h10,12-13H,2-9,11H2,1H3. The van der Waals surface area contributed by atoms with Crippen LogP contribution in [0, 0.1) is 0 Å². The van der Waals surface area contributed by atoms with Gasteiger partial charge in [-0.2, -0.15) is 10.1 Å². The molecule has 1 fully saturated rings. The van der Waals surface area contributed by atoms with E-state index in [0.29, 0.717) is 12.6 Å². The lowest BCUT2D eigenvalue weighted by Gasteiger charge is -2.35. The molecular formula is C16H24FN7O2. The van der Waals surface area contributed by atoms with Crippen LogP contribution in [0.25, 0.3) is 0 Å². The lowest BCUT2D eigenvalue weighted by molar-refractivity contribution is 0.174. The Balaban J connectivity index is 1.30. The number of alkyl halides is 1. The summed E-state index contributed by atoms with van der Waals surface area (Å²) in [5, 5.41) is 3.86. The van der Waals surface area contributed by atoms with E-state index in [1.807, 2.05) is 0 Å². The van der Waals surface area contributed by atoms with Gasteiger partial charge in [-0.05, 0) is 19.4 Å². The van der Waals surface area contributed by atoms with Crippen LogP contribution in [-0.4, -0.2) is 88.8 Å². The minimum Gasteiger partial charge on any atom is -0.476 e. The van der Waals surface area contributed by atoms with Crippen molar-refractivity contribution in [3.05, 3.63) is 16.7 Å². The summed E-state index contributed by atoms with van der Waals surface area (Å²) in [5.74, 6) is 0.924. The number of guanidine groups is 1. The number of ether oxygens (including phenoxy) is 1. The molecule has 0 aromatic carbocycles. The summed E-state index contributed by atoms with van der Waals surface area (Å²) in [4.78, 5) is 27.9. The Kier molecular flexibility index (Phi) is 6.26. The number of aliphatic imine (C=N–C) groups is 2. The van der Waals surface area contributed by atoms with Crippen molar-refractivity contribution in [3.63, 3.8) is 0 Å². The predicted octanol–water partition coefficient (Wildman–Crippen LogP) is -0.270. The van der Waals surface area contributed by atoms with Crippen LogP contribution in [0.3, 0.4) is 0 Å². The second-order valence-corrected chi connectivity index (χ2v) is 6.32. The molecule has 26 heavy (non-hydrogen) atoms. The Morgan fingerprint density at radius 2 is 2.08 bits per heavy atom.